The number of nitrogens with one attached hydrogen (secondary N) is 2. The van der Waals surface area contributed by atoms with E-state index in [0.717, 1.165) is 17.1 Å². The van der Waals surface area contributed by atoms with Crippen LogP contribution in [0.5, 0.6) is 0 Å². The van der Waals surface area contributed by atoms with Crippen LogP contribution < -0.4 is 5.32 Å². The zero-order valence-corrected chi connectivity index (χ0v) is 10.3. The maximum Gasteiger partial charge on any atom is 0.162 e. The lowest BCUT2D eigenvalue weighted by Crippen LogP contribution is -2.45. The van der Waals surface area contributed by atoms with E-state index in [-0.39, 0.29) is 6.04 Å². The number of hydrogen-bond donors (Lipinski definition) is 2. The van der Waals surface area contributed by atoms with E-state index in [1.807, 2.05) is 27.7 Å². The summed E-state index contributed by atoms with van der Waals surface area (Å²) in [5, 5.41) is 10.5. The summed E-state index contributed by atoms with van der Waals surface area (Å²) >= 11 is 0. The van der Waals surface area contributed by atoms with Crippen molar-refractivity contribution in [2.24, 2.45) is 0 Å². The number of aryl methyl sites for hydroxylation is 2. The van der Waals surface area contributed by atoms with Crippen molar-refractivity contribution in [3.63, 3.8) is 0 Å². The Bertz CT molecular complexity index is 344. The predicted molar refractivity (Wildman–Crippen MR) is 61.5 cm³/mol. The van der Waals surface area contributed by atoms with Crippen molar-refractivity contribution >= 4 is 5.69 Å². The fourth-order valence-electron chi connectivity index (χ4n) is 1.74. The average Bonchev–Trinajstić information content (AvgIpc) is 2.52. The van der Waals surface area contributed by atoms with Crippen molar-refractivity contribution < 1.29 is 9.47 Å². The molecule has 0 atom stereocenters. The SMILES string of the molecule is Cc1n[nH]c(C)c1NC1COC(C)(C)OC1. The van der Waals surface area contributed by atoms with Crippen molar-refractivity contribution in [2.75, 3.05) is 18.5 Å². The Labute approximate surface area is 95.5 Å². The summed E-state index contributed by atoms with van der Waals surface area (Å²) < 4.78 is 11.2. The lowest BCUT2D eigenvalue weighted by atomic mass is 10.2. The van der Waals surface area contributed by atoms with Gasteiger partial charge in [-0.2, -0.15) is 5.10 Å². The number of H-pyrrole nitrogens is 1. The van der Waals surface area contributed by atoms with Crippen LogP contribution >= 0.6 is 0 Å². The fraction of sp³-hybridized carbons (Fsp3) is 0.727. The van der Waals surface area contributed by atoms with Gasteiger partial charge in [-0.1, -0.05) is 0 Å². The van der Waals surface area contributed by atoms with E-state index in [4.69, 9.17) is 9.47 Å². The van der Waals surface area contributed by atoms with Crippen LogP contribution in [-0.4, -0.2) is 35.2 Å². The summed E-state index contributed by atoms with van der Waals surface area (Å²) in [6, 6.07) is 0.183. The first kappa shape index (κ1) is 11.4. The molecule has 16 heavy (non-hydrogen) atoms. The molecule has 2 heterocycles. The molecule has 90 valence electrons. The number of anilines is 1. The molecule has 5 nitrogen and oxygen atoms in total. The molecule has 1 aliphatic heterocycles. The zero-order chi connectivity index (χ0) is 11.8. The molecule has 0 saturated carbocycles. The monoisotopic (exact) mass is 225 g/mol. The summed E-state index contributed by atoms with van der Waals surface area (Å²) in [6.45, 7) is 9.13. The molecule has 1 aromatic rings. The lowest BCUT2D eigenvalue weighted by Gasteiger charge is -2.35. The number of nitrogens with zero attached hydrogens (tertiary/aromatic N) is 1. The first-order valence-electron chi connectivity index (χ1n) is 5.54. The fourth-order valence-corrected chi connectivity index (χ4v) is 1.74. The molecule has 0 unspecified atom stereocenters. The largest absolute Gasteiger partial charge is 0.375 e. The molecule has 1 saturated heterocycles. The maximum atomic E-state index is 5.59. The Morgan fingerprint density at radius 3 is 2.44 bits per heavy atom. The van der Waals surface area contributed by atoms with Crippen molar-refractivity contribution in [3.8, 4) is 0 Å². The van der Waals surface area contributed by atoms with Crippen molar-refractivity contribution in [1.29, 1.82) is 0 Å². The molecular weight excluding hydrogens is 206 g/mol. The molecule has 0 radical (unpaired) electrons. The Hall–Kier alpha value is -1.07. The van der Waals surface area contributed by atoms with Crippen LogP contribution in [0.2, 0.25) is 0 Å². The smallest absolute Gasteiger partial charge is 0.162 e. The highest BCUT2D eigenvalue weighted by molar-refractivity contribution is 5.52. The van der Waals surface area contributed by atoms with E-state index >= 15 is 0 Å². The van der Waals surface area contributed by atoms with Crippen LogP contribution in [0, 0.1) is 13.8 Å². The Morgan fingerprint density at radius 2 is 1.94 bits per heavy atom. The third kappa shape index (κ3) is 2.36. The quantitative estimate of drug-likeness (QED) is 0.802. The van der Waals surface area contributed by atoms with Crippen LogP contribution in [0.25, 0.3) is 0 Å². The molecule has 2 rings (SSSR count). The van der Waals surface area contributed by atoms with E-state index in [9.17, 15) is 0 Å². The Kier molecular flexibility index (Phi) is 2.90. The Balaban J connectivity index is 1.97. The second-order valence-corrected chi connectivity index (χ2v) is 4.67. The second-order valence-electron chi connectivity index (χ2n) is 4.67. The van der Waals surface area contributed by atoms with Crippen LogP contribution in [0.1, 0.15) is 25.2 Å². The molecule has 0 amide bonds. The topological polar surface area (TPSA) is 59.2 Å². The molecule has 5 heteroatoms. The highest BCUT2D eigenvalue weighted by Crippen LogP contribution is 2.22. The van der Waals surface area contributed by atoms with Gasteiger partial charge in [0.1, 0.15) is 0 Å². The van der Waals surface area contributed by atoms with E-state index in [1.54, 1.807) is 0 Å². The molecule has 1 aliphatic rings. The predicted octanol–water partition coefficient (Wildman–Crippen LogP) is 1.59. The first-order chi connectivity index (χ1) is 7.48. The summed E-state index contributed by atoms with van der Waals surface area (Å²) in [7, 11) is 0. The van der Waals surface area contributed by atoms with Gasteiger partial charge >= 0.3 is 0 Å². The van der Waals surface area contributed by atoms with Gasteiger partial charge < -0.3 is 14.8 Å². The highest BCUT2D eigenvalue weighted by Gasteiger charge is 2.28. The molecule has 0 aliphatic carbocycles. The third-order valence-electron chi connectivity index (χ3n) is 2.74. The normalized spacial score (nSPS) is 21.0. The number of rotatable bonds is 2. The summed E-state index contributed by atoms with van der Waals surface area (Å²) in [5.74, 6) is -0.460. The minimum atomic E-state index is -0.460. The minimum Gasteiger partial charge on any atom is -0.375 e. The van der Waals surface area contributed by atoms with Gasteiger partial charge in [0, 0.05) is 0 Å². The average molecular weight is 225 g/mol. The molecular formula is C11H19N3O2. The van der Waals surface area contributed by atoms with Gasteiger partial charge in [-0.25, -0.2) is 0 Å². The number of aromatic amines is 1. The first-order valence-corrected chi connectivity index (χ1v) is 5.54. The van der Waals surface area contributed by atoms with Crippen LogP contribution in [-0.2, 0) is 9.47 Å². The van der Waals surface area contributed by atoms with Gasteiger partial charge in [-0.3, -0.25) is 5.10 Å². The molecule has 2 N–H and O–H groups in total. The molecule has 0 spiro atoms. The lowest BCUT2D eigenvalue weighted by molar-refractivity contribution is -0.247. The third-order valence-corrected chi connectivity index (χ3v) is 2.74. The van der Waals surface area contributed by atoms with Crippen molar-refractivity contribution in [2.45, 2.75) is 39.5 Å². The van der Waals surface area contributed by atoms with Gasteiger partial charge in [-0.05, 0) is 27.7 Å². The van der Waals surface area contributed by atoms with Gasteiger partial charge in [-0.15, -0.1) is 0 Å². The standard InChI is InChI=1S/C11H19N3O2/c1-7-10(8(2)14-13-7)12-9-5-15-11(3,4)16-6-9/h9,12H,5-6H2,1-4H3,(H,13,14). The summed E-state index contributed by atoms with van der Waals surface area (Å²) in [4.78, 5) is 0. The minimum absolute atomic E-state index is 0.183. The number of ether oxygens (including phenoxy) is 2. The maximum absolute atomic E-state index is 5.59. The zero-order valence-electron chi connectivity index (χ0n) is 10.3. The van der Waals surface area contributed by atoms with Crippen LogP contribution in [0.15, 0.2) is 0 Å². The van der Waals surface area contributed by atoms with Crippen LogP contribution in [0.3, 0.4) is 0 Å². The molecule has 0 aromatic carbocycles. The van der Waals surface area contributed by atoms with Gasteiger partial charge in [0.2, 0.25) is 0 Å². The van der Waals surface area contributed by atoms with E-state index < -0.39 is 5.79 Å². The van der Waals surface area contributed by atoms with Crippen LogP contribution in [0.4, 0.5) is 5.69 Å². The highest BCUT2D eigenvalue weighted by atomic mass is 16.7. The number of hydrogen-bond acceptors (Lipinski definition) is 4. The van der Waals surface area contributed by atoms with Gasteiger partial charge in [0.15, 0.2) is 5.79 Å². The van der Waals surface area contributed by atoms with E-state index in [1.165, 1.54) is 0 Å². The van der Waals surface area contributed by atoms with Gasteiger partial charge in [0.05, 0.1) is 36.3 Å². The number of aromatic nitrogens is 2. The molecule has 1 aromatic heterocycles. The van der Waals surface area contributed by atoms with E-state index in [0.29, 0.717) is 13.2 Å². The molecule has 0 bridgehead atoms. The second kappa shape index (κ2) is 4.07. The Morgan fingerprint density at radius 1 is 1.31 bits per heavy atom. The summed E-state index contributed by atoms with van der Waals surface area (Å²) in [6.07, 6.45) is 0. The van der Waals surface area contributed by atoms with Crippen molar-refractivity contribution in [1.82, 2.24) is 10.2 Å². The molecule has 1 fully saturated rings. The summed E-state index contributed by atoms with van der Waals surface area (Å²) in [5.41, 5.74) is 3.07. The van der Waals surface area contributed by atoms with E-state index in [2.05, 4.69) is 15.5 Å². The van der Waals surface area contributed by atoms with Gasteiger partial charge in [0.25, 0.3) is 0 Å². The van der Waals surface area contributed by atoms with Crippen molar-refractivity contribution in [3.05, 3.63) is 11.4 Å².